The second kappa shape index (κ2) is 4.62. The summed E-state index contributed by atoms with van der Waals surface area (Å²) in [5.74, 6) is -1.07. The van der Waals surface area contributed by atoms with Crippen molar-refractivity contribution in [2.24, 2.45) is 0 Å². The Morgan fingerprint density at radius 1 is 1.57 bits per heavy atom. The number of carbonyl (C=O) groups excluding carboxylic acids is 1. The molecule has 0 aliphatic rings. The summed E-state index contributed by atoms with van der Waals surface area (Å²) in [4.78, 5) is 11.1. The van der Waals surface area contributed by atoms with Gasteiger partial charge in [-0.2, -0.15) is 0 Å². The summed E-state index contributed by atoms with van der Waals surface area (Å²) in [6.45, 7) is 0. The van der Waals surface area contributed by atoms with Crippen LogP contribution in [0.4, 0.5) is 4.39 Å². The summed E-state index contributed by atoms with van der Waals surface area (Å²) in [7, 11) is 1.42. The number of rotatable bonds is 2. The molecule has 0 bridgehead atoms. The molecule has 76 valence electrons. The van der Waals surface area contributed by atoms with Gasteiger partial charge in [-0.05, 0) is 12.1 Å². The maximum atomic E-state index is 13.2. The molecule has 0 aromatic heterocycles. The van der Waals surface area contributed by atoms with Gasteiger partial charge in [0.25, 0.3) is 0 Å². The standard InChI is InChI=1S/C9H8Cl2FNO/c1-13-9(14)8(11)7-5(10)3-2-4-6(7)12/h2-4,8H,1H3,(H,13,14). The highest BCUT2D eigenvalue weighted by Crippen LogP contribution is 2.30. The fourth-order valence-corrected chi connectivity index (χ4v) is 1.67. The molecular weight excluding hydrogens is 228 g/mol. The van der Waals surface area contributed by atoms with E-state index >= 15 is 0 Å². The highest BCUT2D eigenvalue weighted by molar-refractivity contribution is 6.35. The number of hydrogen-bond acceptors (Lipinski definition) is 1. The number of carbonyl (C=O) groups is 1. The van der Waals surface area contributed by atoms with Crippen LogP contribution in [-0.2, 0) is 4.79 Å². The largest absolute Gasteiger partial charge is 0.358 e. The quantitative estimate of drug-likeness (QED) is 0.785. The van der Waals surface area contributed by atoms with E-state index in [1.54, 1.807) is 0 Å². The Hall–Kier alpha value is -0.800. The molecule has 1 N–H and O–H groups in total. The molecule has 14 heavy (non-hydrogen) atoms. The van der Waals surface area contributed by atoms with E-state index in [9.17, 15) is 9.18 Å². The Morgan fingerprint density at radius 3 is 2.71 bits per heavy atom. The molecule has 2 nitrogen and oxygen atoms in total. The maximum Gasteiger partial charge on any atom is 0.242 e. The summed E-state index contributed by atoms with van der Waals surface area (Å²) >= 11 is 11.5. The van der Waals surface area contributed by atoms with Crippen LogP contribution in [0.25, 0.3) is 0 Å². The molecule has 0 heterocycles. The predicted octanol–water partition coefficient (Wildman–Crippen LogP) is 2.51. The van der Waals surface area contributed by atoms with Crippen LogP contribution < -0.4 is 5.32 Å². The Labute approximate surface area is 91.0 Å². The highest BCUT2D eigenvalue weighted by atomic mass is 35.5. The number of amides is 1. The zero-order valence-corrected chi connectivity index (χ0v) is 8.86. The van der Waals surface area contributed by atoms with Crippen LogP contribution in [0.3, 0.4) is 0 Å². The van der Waals surface area contributed by atoms with Gasteiger partial charge in [0.1, 0.15) is 11.2 Å². The number of alkyl halides is 1. The molecule has 0 aliphatic heterocycles. The average Bonchev–Trinajstić information content (AvgIpc) is 2.16. The van der Waals surface area contributed by atoms with E-state index in [0.717, 1.165) is 0 Å². The Morgan fingerprint density at radius 2 is 2.21 bits per heavy atom. The van der Waals surface area contributed by atoms with E-state index in [2.05, 4.69) is 5.32 Å². The molecule has 5 heteroatoms. The Bertz CT molecular complexity index is 336. The van der Waals surface area contributed by atoms with Gasteiger partial charge < -0.3 is 5.32 Å². The lowest BCUT2D eigenvalue weighted by Gasteiger charge is -2.10. The molecule has 0 saturated heterocycles. The van der Waals surface area contributed by atoms with E-state index in [0.29, 0.717) is 0 Å². The average molecular weight is 236 g/mol. The van der Waals surface area contributed by atoms with Gasteiger partial charge in [0.15, 0.2) is 0 Å². The van der Waals surface area contributed by atoms with E-state index in [-0.39, 0.29) is 10.6 Å². The van der Waals surface area contributed by atoms with Gasteiger partial charge in [0.2, 0.25) is 5.91 Å². The van der Waals surface area contributed by atoms with E-state index in [1.807, 2.05) is 0 Å². The molecule has 0 spiro atoms. The van der Waals surface area contributed by atoms with Crippen LogP contribution in [-0.4, -0.2) is 13.0 Å². The fraction of sp³-hybridized carbons (Fsp3) is 0.222. The molecule has 1 atom stereocenters. The second-order valence-corrected chi connectivity index (χ2v) is 3.46. The molecule has 1 rings (SSSR count). The van der Waals surface area contributed by atoms with Gasteiger partial charge >= 0.3 is 0 Å². The summed E-state index contributed by atoms with van der Waals surface area (Å²) in [6.07, 6.45) is 0. The van der Waals surface area contributed by atoms with E-state index < -0.39 is 17.1 Å². The van der Waals surface area contributed by atoms with E-state index in [1.165, 1.54) is 25.2 Å². The SMILES string of the molecule is CNC(=O)C(Cl)c1c(F)cccc1Cl. The van der Waals surface area contributed by atoms with Crippen LogP contribution >= 0.6 is 23.2 Å². The van der Waals surface area contributed by atoms with Crippen molar-refractivity contribution in [3.05, 3.63) is 34.6 Å². The van der Waals surface area contributed by atoms with Crippen molar-refractivity contribution in [3.8, 4) is 0 Å². The van der Waals surface area contributed by atoms with Crippen molar-refractivity contribution in [1.29, 1.82) is 0 Å². The minimum Gasteiger partial charge on any atom is -0.358 e. The summed E-state index contributed by atoms with van der Waals surface area (Å²) in [6, 6.07) is 4.15. The predicted molar refractivity (Wildman–Crippen MR) is 54.1 cm³/mol. The van der Waals surface area contributed by atoms with Crippen molar-refractivity contribution in [2.45, 2.75) is 5.38 Å². The second-order valence-electron chi connectivity index (χ2n) is 2.61. The van der Waals surface area contributed by atoms with Crippen molar-refractivity contribution in [1.82, 2.24) is 5.32 Å². The molecule has 0 radical (unpaired) electrons. The minimum atomic E-state index is -1.10. The lowest BCUT2D eigenvalue weighted by Crippen LogP contribution is -2.23. The zero-order valence-electron chi connectivity index (χ0n) is 7.35. The van der Waals surface area contributed by atoms with Crippen LogP contribution in [0.2, 0.25) is 5.02 Å². The molecule has 0 saturated carbocycles. The van der Waals surface area contributed by atoms with Gasteiger partial charge in [-0.25, -0.2) is 4.39 Å². The summed E-state index contributed by atoms with van der Waals surface area (Å²) in [5.41, 5.74) is 0.00943. The fourth-order valence-electron chi connectivity index (χ4n) is 1.01. The molecule has 0 aliphatic carbocycles. The number of nitrogens with one attached hydrogen (secondary N) is 1. The topological polar surface area (TPSA) is 29.1 Å². The van der Waals surface area contributed by atoms with Crippen LogP contribution in [0, 0.1) is 5.82 Å². The number of halogens is 3. The van der Waals surface area contributed by atoms with Crippen molar-refractivity contribution in [2.75, 3.05) is 7.05 Å². The van der Waals surface area contributed by atoms with Gasteiger partial charge in [-0.1, -0.05) is 17.7 Å². The molecule has 1 aromatic carbocycles. The summed E-state index contributed by atoms with van der Waals surface area (Å²) in [5, 5.41) is 1.37. The molecule has 1 unspecified atom stereocenters. The van der Waals surface area contributed by atoms with Crippen molar-refractivity contribution >= 4 is 29.1 Å². The zero-order chi connectivity index (χ0) is 10.7. The Balaban J connectivity index is 3.11. The third-order valence-corrected chi connectivity index (χ3v) is 2.48. The van der Waals surface area contributed by atoms with Crippen LogP contribution in [0.1, 0.15) is 10.9 Å². The third-order valence-electron chi connectivity index (χ3n) is 1.73. The van der Waals surface area contributed by atoms with Gasteiger partial charge in [-0.3, -0.25) is 4.79 Å². The normalized spacial score (nSPS) is 12.3. The van der Waals surface area contributed by atoms with Gasteiger partial charge in [-0.15, -0.1) is 11.6 Å². The maximum absolute atomic E-state index is 13.2. The van der Waals surface area contributed by atoms with Crippen LogP contribution in [0.5, 0.6) is 0 Å². The van der Waals surface area contributed by atoms with Gasteiger partial charge in [0.05, 0.1) is 0 Å². The highest BCUT2D eigenvalue weighted by Gasteiger charge is 2.22. The van der Waals surface area contributed by atoms with Crippen molar-refractivity contribution in [3.63, 3.8) is 0 Å². The Kier molecular flexibility index (Phi) is 3.72. The number of likely N-dealkylation sites (N-methyl/N-ethyl adjacent to an activating group) is 1. The first kappa shape index (κ1) is 11.3. The summed E-state index contributed by atoms with van der Waals surface area (Å²) < 4.78 is 13.2. The lowest BCUT2D eigenvalue weighted by atomic mass is 10.1. The molecule has 0 fully saturated rings. The molecular formula is C9H8Cl2FNO. The van der Waals surface area contributed by atoms with Gasteiger partial charge in [0, 0.05) is 17.6 Å². The minimum absolute atomic E-state index is 0.00943. The first-order chi connectivity index (χ1) is 6.57. The first-order valence-electron chi connectivity index (χ1n) is 3.87. The number of benzene rings is 1. The third kappa shape index (κ3) is 2.16. The molecule has 1 amide bonds. The smallest absolute Gasteiger partial charge is 0.242 e. The van der Waals surface area contributed by atoms with Crippen LogP contribution in [0.15, 0.2) is 18.2 Å². The first-order valence-corrected chi connectivity index (χ1v) is 4.69. The molecule has 1 aromatic rings. The lowest BCUT2D eigenvalue weighted by molar-refractivity contribution is -0.120. The monoisotopic (exact) mass is 235 g/mol. The number of hydrogen-bond donors (Lipinski definition) is 1. The van der Waals surface area contributed by atoms with E-state index in [4.69, 9.17) is 23.2 Å². The van der Waals surface area contributed by atoms with Crippen molar-refractivity contribution < 1.29 is 9.18 Å².